The molecule has 0 aliphatic carbocycles. The SMILES string of the molecule is CCc1c(-c2nnc(SCC(=O)Nc3nc(-c4ccc(C)c(C)c4)cs3)n2C)csc1C. The molecule has 4 aromatic rings. The van der Waals surface area contributed by atoms with Crippen LogP contribution in [-0.2, 0) is 18.3 Å². The molecule has 4 rings (SSSR count). The molecule has 0 unspecified atom stereocenters. The number of rotatable bonds is 7. The van der Waals surface area contributed by atoms with Crippen LogP contribution < -0.4 is 5.32 Å². The summed E-state index contributed by atoms with van der Waals surface area (Å²) in [5.74, 6) is 0.974. The van der Waals surface area contributed by atoms with Crippen LogP contribution in [0, 0.1) is 20.8 Å². The number of hydrogen-bond acceptors (Lipinski definition) is 7. The molecule has 9 heteroatoms. The Morgan fingerprint density at radius 1 is 1.12 bits per heavy atom. The van der Waals surface area contributed by atoms with Crippen molar-refractivity contribution in [3.05, 3.63) is 50.5 Å². The highest BCUT2D eigenvalue weighted by molar-refractivity contribution is 7.99. The fraction of sp³-hybridized carbons (Fsp3) is 0.304. The third-order valence-corrected chi connectivity index (χ3v) is 8.15. The van der Waals surface area contributed by atoms with Crippen LogP contribution in [-0.4, -0.2) is 31.4 Å². The predicted octanol–water partition coefficient (Wildman–Crippen LogP) is 5.89. The van der Waals surface area contributed by atoms with Crippen molar-refractivity contribution in [2.45, 2.75) is 39.3 Å². The molecule has 0 aliphatic heterocycles. The summed E-state index contributed by atoms with van der Waals surface area (Å²) in [6, 6.07) is 6.27. The Balaban J connectivity index is 1.39. The quantitative estimate of drug-likeness (QED) is 0.332. The number of anilines is 1. The summed E-state index contributed by atoms with van der Waals surface area (Å²) >= 11 is 4.54. The van der Waals surface area contributed by atoms with Gasteiger partial charge in [0.1, 0.15) is 0 Å². The molecular formula is C23H25N5OS3. The van der Waals surface area contributed by atoms with E-state index in [2.05, 4.69) is 71.8 Å². The largest absolute Gasteiger partial charge is 0.305 e. The third kappa shape index (κ3) is 4.65. The van der Waals surface area contributed by atoms with E-state index in [0.717, 1.165) is 34.2 Å². The Kier molecular flexibility index (Phi) is 6.78. The molecule has 1 amide bonds. The first-order valence-electron chi connectivity index (χ1n) is 10.3. The zero-order chi connectivity index (χ0) is 22.8. The van der Waals surface area contributed by atoms with Crippen LogP contribution in [0.2, 0.25) is 0 Å². The van der Waals surface area contributed by atoms with E-state index in [9.17, 15) is 4.79 Å². The van der Waals surface area contributed by atoms with Gasteiger partial charge in [-0.3, -0.25) is 4.79 Å². The van der Waals surface area contributed by atoms with Gasteiger partial charge in [-0.05, 0) is 49.9 Å². The molecule has 0 saturated heterocycles. The predicted molar refractivity (Wildman–Crippen MR) is 135 cm³/mol. The summed E-state index contributed by atoms with van der Waals surface area (Å²) in [5.41, 5.74) is 6.84. The first kappa shape index (κ1) is 22.7. The summed E-state index contributed by atoms with van der Waals surface area (Å²) in [6.07, 6.45) is 0.959. The van der Waals surface area contributed by atoms with Crippen LogP contribution in [0.3, 0.4) is 0 Å². The van der Waals surface area contributed by atoms with Crippen molar-refractivity contribution in [3.63, 3.8) is 0 Å². The lowest BCUT2D eigenvalue weighted by atomic mass is 10.1. The summed E-state index contributed by atoms with van der Waals surface area (Å²) in [4.78, 5) is 18.4. The molecule has 0 spiro atoms. The van der Waals surface area contributed by atoms with Gasteiger partial charge in [-0.2, -0.15) is 0 Å². The van der Waals surface area contributed by atoms with Crippen molar-refractivity contribution < 1.29 is 4.79 Å². The van der Waals surface area contributed by atoms with Gasteiger partial charge in [-0.1, -0.05) is 30.8 Å². The second-order valence-electron chi connectivity index (χ2n) is 7.58. The van der Waals surface area contributed by atoms with Crippen molar-refractivity contribution in [1.82, 2.24) is 19.7 Å². The highest BCUT2D eigenvalue weighted by Gasteiger charge is 2.18. The smallest absolute Gasteiger partial charge is 0.236 e. The zero-order valence-electron chi connectivity index (χ0n) is 18.7. The molecule has 1 N–H and O–H groups in total. The van der Waals surface area contributed by atoms with Crippen LogP contribution >= 0.6 is 34.4 Å². The van der Waals surface area contributed by atoms with E-state index in [4.69, 9.17) is 0 Å². The number of amides is 1. The van der Waals surface area contributed by atoms with Crippen molar-refractivity contribution >= 4 is 45.5 Å². The molecule has 0 bridgehead atoms. The van der Waals surface area contributed by atoms with Crippen molar-refractivity contribution in [2.75, 3.05) is 11.1 Å². The van der Waals surface area contributed by atoms with Crippen LogP contribution in [0.25, 0.3) is 22.6 Å². The van der Waals surface area contributed by atoms with E-state index in [1.54, 1.807) is 11.3 Å². The summed E-state index contributed by atoms with van der Waals surface area (Å²) in [5, 5.41) is 17.0. The summed E-state index contributed by atoms with van der Waals surface area (Å²) in [6.45, 7) is 8.46. The maximum absolute atomic E-state index is 12.5. The van der Waals surface area contributed by atoms with Crippen molar-refractivity contribution in [3.8, 4) is 22.6 Å². The monoisotopic (exact) mass is 483 g/mol. The molecule has 3 aromatic heterocycles. The van der Waals surface area contributed by atoms with Gasteiger partial charge in [-0.25, -0.2) is 4.98 Å². The fourth-order valence-electron chi connectivity index (χ4n) is 3.43. The van der Waals surface area contributed by atoms with Crippen LogP contribution in [0.15, 0.2) is 34.1 Å². The number of nitrogens with zero attached hydrogens (tertiary/aromatic N) is 4. The topological polar surface area (TPSA) is 72.7 Å². The normalized spacial score (nSPS) is 11.2. The molecule has 1 aromatic carbocycles. The number of hydrogen-bond donors (Lipinski definition) is 1. The van der Waals surface area contributed by atoms with E-state index in [0.29, 0.717) is 5.13 Å². The molecule has 0 radical (unpaired) electrons. The van der Waals surface area contributed by atoms with Crippen molar-refractivity contribution in [2.24, 2.45) is 7.05 Å². The molecule has 0 fully saturated rings. The number of thioether (sulfide) groups is 1. The molecule has 32 heavy (non-hydrogen) atoms. The second-order valence-corrected chi connectivity index (χ2v) is 10.5. The maximum atomic E-state index is 12.5. The maximum Gasteiger partial charge on any atom is 0.236 e. The minimum atomic E-state index is -0.110. The zero-order valence-corrected chi connectivity index (χ0v) is 21.2. The molecule has 6 nitrogen and oxygen atoms in total. The van der Waals surface area contributed by atoms with Gasteiger partial charge in [0.05, 0.1) is 11.4 Å². The minimum absolute atomic E-state index is 0.110. The number of carbonyl (C=O) groups excluding carboxylic acids is 1. The molecule has 3 heterocycles. The van der Waals surface area contributed by atoms with Gasteiger partial charge < -0.3 is 9.88 Å². The van der Waals surface area contributed by atoms with E-state index in [1.165, 1.54) is 44.7 Å². The Morgan fingerprint density at radius 2 is 1.94 bits per heavy atom. The summed E-state index contributed by atoms with van der Waals surface area (Å²) < 4.78 is 1.96. The Morgan fingerprint density at radius 3 is 2.69 bits per heavy atom. The highest BCUT2D eigenvalue weighted by Crippen LogP contribution is 2.32. The standard InChI is InChI=1S/C23H25N5OS3/c1-6-17-15(4)30-10-18(17)21-26-27-23(28(21)5)32-12-20(29)25-22-24-19(11-31-22)16-8-7-13(2)14(3)9-16/h7-11H,6,12H2,1-5H3,(H,24,25,29). The highest BCUT2D eigenvalue weighted by atomic mass is 32.2. The second kappa shape index (κ2) is 9.56. The number of aromatic nitrogens is 4. The van der Waals surface area contributed by atoms with Gasteiger partial charge in [0, 0.05) is 33.8 Å². The minimum Gasteiger partial charge on any atom is -0.305 e. The van der Waals surface area contributed by atoms with Crippen LogP contribution in [0.4, 0.5) is 5.13 Å². The van der Waals surface area contributed by atoms with Crippen molar-refractivity contribution in [1.29, 1.82) is 0 Å². The Bertz CT molecular complexity index is 1270. The molecule has 166 valence electrons. The lowest BCUT2D eigenvalue weighted by molar-refractivity contribution is -0.113. The lowest BCUT2D eigenvalue weighted by Crippen LogP contribution is -2.14. The van der Waals surface area contributed by atoms with Gasteiger partial charge >= 0.3 is 0 Å². The number of thiophene rings is 1. The average molecular weight is 484 g/mol. The van der Waals surface area contributed by atoms with Crippen LogP contribution in [0.5, 0.6) is 0 Å². The van der Waals surface area contributed by atoms with Gasteiger partial charge in [0.15, 0.2) is 16.1 Å². The number of thiazole rings is 1. The number of aryl methyl sites for hydroxylation is 3. The van der Waals surface area contributed by atoms with E-state index in [1.807, 2.05) is 17.0 Å². The number of carbonyl (C=O) groups is 1. The van der Waals surface area contributed by atoms with E-state index >= 15 is 0 Å². The average Bonchev–Trinajstić information content (AvgIpc) is 3.47. The Labute approximate surface area is 200 Å². The first-order chi connectivity index (χ1) is 15.4. The van der Waals surface area contributed by atoms with Gasteiger partial charge in [-0.15, -0.1) is 32.9 Å². The van der Waals surface area contributed by atoms with Gasteiger partial charge in [0.25, 0.3) is 0 Å². The van der Waals surface area contributed by atoms with Crippen LogP contribution in [0.1, 0.15) is 28.5 Å². The van der Waals surface area contributed by atoms with Gasteiger partial charge in [0.2, 0.25) is 5.91 Å². The summed E-state index contributed by atoms with van der Waals surface area (Å²) in [7, 11) is 1.94. The van der Waals surface area contributed by atoms with E-state index in [-0.39, 0.29) is 11.7 Å². The molecule has 0 atom stereocenters. The van der Waals surface area contributed by atoms with E-state index < -0.39 is 0 Å². The third-order valence-electron chi connectivity index (χ3n) is 5.42. The number of nitrogens with one attached hydrogen (secondary N) is 1. The Hall–Kier alpha value is -2.49. The lowest BCUT2D eigenvalue weighted by Gasteiger charge is -2.05. The first-order valence-corrected chi connectivity index (χ1v) is 13.0. The molecule has 0 saturated carbocycles. The molecule has 0 aliphatic rings. The molecular weight excluding hydrogens is 458 g/mol. The fourth-order valence-corrected chi connectivity index (χ4v) is 5.82. The number of benzene rings is 1.